The lowest BCUT2D eigenvalue weighted by Crippen LogP contribution is -2.23. The van der Waals surface area contributed by atoms with Gasteiger partial charge in [-0.25, -0.2) is 4.98 Å². The van der Waals surface area contributed by atoms with Crippen molar-refractivity contribution in [2.75, 3.05) is 6.26 Å². The third-order valence-corrected chi connectivity index (χ3v) is 4.01. The molecular formula is C12H16N4OS. The molecule has 2 heterocycles. The number of hydrogen-bond donors (Lipinski definition) is 1. The molecule has 0 saturated carbocycles. The van der Waals surface area contributed by atoms with Crippen LogP contribution in [0.1, 0.15) is 36.9 Å². The first-order valence-corrected chi connectivity index (χ1v) is 7.56. The number of nitrogens with zero attached hydrogens (tertiary/aromatic N) is 3. The van der Waals surface area contributed by atoms with Crippen LogP contribution in [0.25, 0.3) is 5.78 Å². The topological polar surface area (TPSA) is 63.1 Å². The van der Waals surface area contributed by atoms with Crippen LogP contribution >= 0.6 is 11.8 Å². The molecule has 5 nitrogen and oxygen atoms in total. The van der Waals surface area contributed by atoms with Gasteiger partial charge < -0.3 is 0 Å². The first kappa shape index (κ1) is 11.8. The molecule has 0 amide bonds. The summed E-state index contributed by atoms with van der Waals surface area (Å²) in [6, 6.07) is 0. The number of aryl methyl sites for hydroxylation is 1. The highest BCUT2D eigenvalue weighted by atomic mass is 32.2. The molecule has 96 valence electrons. The van der Waals surface area contributed by atoms with Crippen LogP contribution in [0.5, 0.6) is 0 Å². The highest BCUT2D eigenvalue weighted by Crippen LogP contribution is 2.17. The highest BCUT2D eigenvalue weighted by molar-refractivity contribution is 7.98. The number of aromatic amines is 1. The first-order valence-electron chi connectivity index (χ1n) is 6.34. The Hall–Kier alpha value is -1.30. The van der Waals surface area contributed by atoms with E-state index in [1.54, 1.807) is 0 Å². The van der Waals surface area contributed by atoms with Gasteiger partial charge in [-0.15, -0.1) is 0 Å². The van der Waals surface area contributed by atoms with E-state index in [0.717, 1.165) is 42.1 Å². The Labute approximate surface area is 109 Å². The third kappa shape index (κ3) is 1.94. The Morgan fingerprint density at radius 3 is 2.72 bits per heavy atom. The molecule has 1 N–H and O–H groups in total. The molecule has 0 unspecified atom stereocenters. The van der Waals surface area contributed by atoms with Gasteiger partial charge in [0.1, 0.15) is 0 Å². The molecule has 0 fully saturated rings. The Kier molecular flexibility index (Phi) is 3.11. The summed E-state index contributed by atoms with van der Waals surface area (Å²) < 4.78 is 1.48. The first-order chi connectivity index (χ1) is 8.79. The number of H-pyrrole nitrogens is 1. The smallest absolute Gasteiger partial charge is 0.267 e. The number of hydrogen-bond acceptors (Lipinski definition) is 4. The molecule has 18 heavy (non-hydrogen) atoms. The molecule has 0 spiro atoms. The lowest BCUT2D eigenvalue weighted by atomic mass is 9.98. The van der Waals surface area contributed by atoms with Gasteiger partial charge in [0.05, 0.1) is 5.69 Å². The van der Waals surface area contributed by atoms with E-state index in [9.17, 15) is 4.79 Å². The van der Waals surface area contributed by atoms with Crippen LogP contribution in [0.3, 0.4) is 0 Å². The average molecular weight is 264 g/mol. The minimum Gasteiger partial charge on any atom is -0.267 e. The largest absolute Gasteiger partial charge is 0.277 e. The van der Waals surface area contributed by atoms with Crippen LogP contribution in [-0.2, 0) is 12.8 Å². The summed E-state index contributed by atoms with van der Waals surface area (Å²) in [7, 11) is 0. The summed E-state index contributed by atoms with van der Waals surface area (Å²) in [6.07, 6.45) is 8.33. The second-order valence-electron chi connectivity index (χ2n) is 4.62. The molecule has 2 aromatic heterocycles. The zero-order chi connectivity index (χ0) is 12.5. The van der Waals surface area contributed by atoms with E-state index in [0.29, 0.717) is 5.78 Å². The van der Waals surface area contributed by atoms with Gasteiger partial charge in [0.25, 0.3) is 11.3 Å². The quantitative estimate of drug-likeness (QED) is 0.798. The molecule has 3 rings (SSSR count). The Balaban J connectivity index is 2.21. The Morgan fingerprint density at radius 1 is 1.17 bits per heavy atom. The van der Waals surface area contributed by atoms with E-state index in [-0.39, 0.29) is 5.56 Å². The van der Waals surface area contributed by atoms with Gasteiger partial charge in [-0.05, 0) is 31.9 Å². The molecule has 1 aliphatic rings. The van der Waals surface area contributed by atoms with Crippen LogP contribution in [-0.4, -0.2) is 25.8 Å². The minimum absolute atomic E-state index is 0.0321. The molecule has 0 aromatic carbocycles. The summed E-state index contributed by atoms with van der Waals surface area (Å²) in [4.78, 5) is 21.3. The molecule has 6 heteroatoms. The molecule has 0 bridgehead atoms. The fraction of sp³-hybridized carbons (Fsp3) is 0.583. The molecule has 2 aromatic rings. The molecule has 0 atom stereocenters. The van der Waals surface area contributed by atoms with Crippen molar-refractivity contribution in [1.82, 2.24) is 19.6 Å². The van der Waals surface area contributed by atoms with Crippen LogP contribution in [0.2, 0.25) is 0 Å². The van der Waals surface area contributed by atoms with Gasteiger partial charge in [-0.1, -0.05) is 24.6 Å². The number of thioether (sulfide) groups is 1. The van der Waals surface area contributed by atoms with Gasteiger partial charge in [0.2, 0.25) is 0 Å². The standard InChI is InChI=1S/C12H16N4OS/c1-18-12-14-11-13-9-7-5-3-2-4-6-8(9)10(17)16(11)15-12/h2-7H2,1H3,(H,13,14,15). The van der Waals surface area contributed by atoms with Gasteiger partial charge in [-0.2, -0.15) is 9.50 Å². The fourth-order valence-electron chi connectivity index (χ4n) is 2.47. The number of aromatic nitrogens is 4. The lowest BCUT2D eigenvalue weighted by molar-refractivity contribution is 0.601. The van der Waals surface area contributed by atoms with Crippen molar-refractivity contribution >= 4 is 17.5 Å². The molecule has 1 aliphatic carbocycles. The maximum Gasteiger partial charge on any atom is 0.277 e. The zero-order valence-corrected chi connectivity index (χ0v) is 11.2. The lowest BCUT2D eigenvalue weighted by Gasteiger charge is -2.11. The summed E-state index contributed by atoms with van der Waals surface area (Å²) in [5, 5.41) is 3.73. The van der Waals surface area contributed by atoms with E-state index in [1.807, 2.05) is 6.26 Å². The summed E-state index contributed by atoms with van der Waals surface area (Å²) in [5.41, 5.74) is 1.87. The number of rotatable bonds is 1. The van der Waals surface area contributed by atoms with E-state index < -0.39 is 0 Å². The van der Waals surface area contributed by atoms with Crippen LogP contribution < -0.4 is 5.56 Å². The van der Waals surface area contributed by atoms with Gasteiger partial charge in [-0.3, -0.25) is 9.89 Å². The van der Waals surface area contributed by atoms with Gasteiger partial charge >= 0.3 is 0 Å². The number of nitrogens with one attached hydrogen (secondary N) is 1. The van der Waals surface area contributed by atoms with Crippen molar-refractivity contribution in [3.05, 3.63) is 21.6 Å². The summed E-state index contributed by atoms with van der Waals surface area (Å²) in [5.74, 6) is 0.503. The van der Waals surface area contributed by atoms with Crippen molar-refractivity contribution in [2.24, 2.45) is 0 Å². The van der Waals surface area contributed by atoms with E-state index in [4.69, 9.17) is 0 Å². The predicted octanol–water partition coefficient (Wildman–Crippen LogP) is 1.80. The highest BCUT2D eigenvalue weighted by Gasteiger charge is 2.16. The van der Waals surface area contributed by atoms with Gasteiger partial charge in [0, 0.05) is 5.56 Å². The molecule has 0 saturated heterocycles. The normalized spacial score (nSPS) is 16.3. The maximum absolute atomic E-state index is 12.4. The van der Waals surface area contributed by atoms with Crippen molar-refractivity contribution in [3.8, 4) is 0 Å². The monoisotopic (exact) mass is 264 g/mol. The summed E-state index contributed by atoms with van der Waals surface area (Å²) in [6.45, 7) is 0. The molecular weight excluding hydrogens is 248 g/mol. The van der Waals surface area contributed by atoms with Crippen molar-refractivity contribution in [2.45, 2.75) is 43.7 Å². The molecule has 0 aliphatic heterocycles. The average Bonchev–Trinajstić information content (AvgIpc) is 2.75. The van der Waals surface area contributed by atoms with Crippen LogP contribution in [0.4, 0.5) is 0 Å². The Morgan fingerprint density at radius 2 is 1.94 bits per heavy atom. The SMILES string of the molecule is CSc1nc2nc3c(c(=O)n2[nH]1)CCCCCC3. The summed E-state index contributed by atoms with van der Waals surface area (Å²) >= 11 is 1.49. The second kappa shape index (κ2) is 4.76. The maximum atomic E-state index is 12.4. The number of fused-ring (bicyclic) bond motifs is 2. The van der Waals surface area contributed by atoms with Crippen molar-refractivity contribution in [3.63, 3.8) is 0 Å². The second-order valence-corrected chi connectivity index (χ2v) is 5.42. The predicted molar refractivity (Wildman–Crippen MR) is 71.3 cm³/mol. The minimum atomic E-state index is 0.0321. The third-order valence-electron chi connectivity index (χ3n) is 3.44. The van der Waals surface area contributed by atoms with Crippen LogP contribution in [0.15, 0.2) is 9.95 Å². The Bertz CT molecular complexity index is 631. The van der Waals surface area contributed by atoms with E-state index >= 15 is 0 Å². The van der Waals surface area contributed by atoms with Crippen molar-refractivity contribution < 1.29 is 0 Å². The van der Waals surface area contributed by atoms with Crippen molar-refractivity contribution in [1.29, 1.82) is 0 Å². The van der Waals surface area contributed by atoms with E-state index in [2.05, 4.69) is 15.1 Å². The van der Waals surface area contributed by atoms with Crippen LogP contribution in [0, 0.1) is 0 Å². The fourth-order valence-corrected chi connectivity index (χ4v) is 2.83. The zero-order valence-electron chi connectivity index (χ0n) is 10.4. The van der Waals surface area contributed by atoms with Gasteiger partial charge in [0.15, 0.2) is 5.16 Å². The van der Waals surface area contributed by atoms with E-state index in [1.165, 1.54) is 29.1 Å². The molecule has 0 radical (unpaired) electrons.